The summed E-state index contributed by atoms with van der Waals surface area (Å²) in [6, 6.07) is 10.8. The number of halogens is 1. The second-order valence-corrected chi connectivity index (χ2v) is 6.53. The first-order valence-electron chi connectivity index (χ1n) is 9.60. The third-order valence-corrected chi connectivity index (χ3v) is 4.24. The van der Waals surface area contributed by atoms with Crippen molar-refractivity contribution in [1.29, 1.82) is 0 Å². The minimum Gasteiger partial charge on any atom is -0.497 e. The van der Waals surface area contributed by atoms with Crippen LogP contribution in [-0.4, -0.2) is 25.1 Å². The number of nitrogens with zero attached hydrogens (tertiary/aromatic N) is 1. The van der Waals surface area contributed by atoms with Gasteiger partial charge in [-0.1, -0.05) is 32.3 Å². The van der Waals surface area contributed by atoms with Crippen molar-refractivity contribution in [2.24, 2.45) is 5.10 Å². The Balaban J connectivity index is 1.93. The Bertz CT molecular complexity index is 868. The van der Waals surface area contributed by atoms with Crippen molar-refractivity contribution in [3.05, 3.63) is 59.4 Å². The minimum absolute atomic E-state index is 0.0785. The van der Waals surface area contributed by atoms with Gasteiger partial charge in [-0.15, -0.1) is 0 Å². The second-order valence-electron chi connectivity index (χ2n) is 6.53. The number of ether oxygens (including phenoxy) is 1. The van der Waals surface area contributed by atoms with Crippen molar-refractivity contribution in [2.45, 2.75) is 39.0 Å². The molecule has 0 fully saturated rings. The fourth-order valence-electron chi connectivity index (χ4n) is 2.65. The first-order chi connectivity index (χ1) is 14.0. The van der Waals surface area contributed by atoms with Crippen molar-refractivity contribution in [3.63, 3.8) is 0 Å². The Morgan fingerprint density at radius 1 is 1.14 bits per heavy atom. The van der Waals surface area contributed by atoms with Gasteiger partial charge in [0.15, 0.2) is 0 Å². The maximum atomic E-state index is 13.8. The predicted octanol–water partition coefficient (Wildman–Crippen LogP) is 4.51. The number of nitrogens with one attached hydrogen (secondary N) is 2. The van der Waals surface area contributed by atoms with Gasteiger partial charge in [-0.3, -0.25) is 9.59 Å². The third kappa shape index (κ3) is 7.37. The van der Waals surface area contributed by atoms with E-state index in [0.29, 0.717) is 23.4 Å². The first-order valence-corrected chi connectivity index (χ1v) is 9.60. The van der Waals surface area contributed by atoms with Crippen LogP contribution >= 0.6 is 0 Å². The molecule has 2 aromatic carbocycles. The highest BCUT2D eigenvalue weighted by atomic mass is 19.1. The van der Waals surface area contributed by atoms with Crippen LogP contribution in [0.3, 0.4) is 0 Å². The van der Waals surface area contributed by atoms with Crippen molar-refractivity contribution in [2.75, 3.05) is 12.4 Å². The average Bonchev–Trinajstić information content (AvgIpc) is 2.72. The topological polar surface area (TPSA) is 79.8 Å². The van der Waals surface area contributed by atoms with Crippen molar-refractivity contribution >= 4 is 23.7 Å². The lowest BCUT2D eigenvalue weighted by Gasteiger charge is -2.07. The standard InChI is InChI=1S/C22H26FN3O3/c1-3-4-5-6-10-21(27)25-18-9-7-8-16(13-18)22(28)26-24-15-17-14-19(29-2)11-12-20(17)23/h7-9,11-15H,3-6,10H2,1-2H3,(H,25,27)(H,26,28)/b24-15+. The Morgan fingerprint density at radius 2 is 1.97 bits per heavy atom. The van der Waals surface area contributed by atoms with Gasteiger partial charge in [-0.2, -0.15) is 5.10 Å². The number of amides is 2. The lowest BCUT2D eigenvalue weighted by molar-refractivity contribution is -0.116. The van der Waals surface area contributed by atoms with Crippen LogP contribution in [0.15, 0.2) is 47.6 Å². The molecule has 2 rings (SSSR count). The van der Waals surface area contributed by atoms with E-state index in [1.807, 2.05) is 0 Å². The highest BCUT2D eigenvalue weighted by molar-refractivity contribution is 5.97. The molecule has 29 heavy (non-hydrogen) atoms. The molecular weight excluding hydrogens is 373 g/mol. The zero-order valence-corrected chi connectivity index (χ0v) is 16.7. The molecule has 0 unspecified atom stereocenters. The van der Waals surface area contributed by atoms with E-state index in [0.717, 1.165) is 25.7 Å². The first kappa shape index (κ1) is 22.1. The van der Waals surface area contributed by atoms with Crippen LogP contribution in [0.5, 0.6) is 5.75 Å². The number of carbonyl (C=O) groups excluding carboxylic acids is 2. The highest BCUT2D eigenvalue weighted by Crippen LogP contribution is 2.15. The average molecular weight is 399 g/mol. The molecule has 0 spiro atoms. The number of anilines is 1. The van der Waals surface area contributed by atoms with Gasteiger partial charge in [-0.25, -0.2) is 9.82 Å². The molecule has 0 bridgehead atoms. The number of methoxy groups -OCH3 is 1. The zero-order valence-electron chi connectivity index (χ0n) is 16.7. The third-order valence-electron chi connectivity index (χ3n) is 4.24. The lowest BCUT2D eigenvalue weighted by Crippen LogP contribution is -2.18. The van der Waals surface area contributed by atoms with Crippen LogP contribution in [-0.2, 0) is 4.79 Å². The van der Waals surface area contributed by atoms with Gasteiger partial charge >= 0.3 is 0 Å². The maximum Gasteiger partial charge on any atom is 0.271 e. The molecule has 7 heteroatoms. The largest absolute Gasteiger partial charge is 0.497 e. The van der Waals surface area contributed by atoms with Gasteiger partial charge < -0.3 is 10.1 Å². The Labute approximate surface area is 170 Å². The van der Waals surface area contributed by atoms with Gasteiger partial charge in [0.1, 0.15) is 11.6 Å². The number of rotatable bonds is 10. The molecule has 0 aliphatic carbocycles. The molecule has 2 N–H and O–H groups in total. The summed E-state index contributed by atoms with van der Waals surface area (Å²) >= 11 is 0. The molecule has 2 amide bonds. The van der Waals surface area contributed by atoms with E-state index < -0.39 is 11.7 Å². The fraction of sp³-hybridized carbons (Fsp3) is 0.318. The van der Waals surface area contributed by atoms with E-state index >= 15 is 0 Å². The summed E-state index contributed by atoms with van der Waals surface area (Å²) in [5.41, 5.74) is 3.41. The predicted molar refractivity (Wildman–Crippen MR) is 112 cm³/mol. The number of unbranched alkanes of at least 4 members (excludes halogenated alkanes) is 3. The van der Waals surface area contributed by atoms with Gasteiger partial charge in [0.05, 0.1) is 13.3 Å². The molecule has 0 atom stereocenters. The number of carbonyl (C=O) groups is 2. The van der Waals surface area contributed by atoms with E-state index in [2.05, 4.69) is 22.8 Å². The molecule has 154 valence electrons. The van der Waals surface area contributed by atoms with Crippen LogP contribution in [0.2, 0.25) is 0 Å². The van der Waals surface area contributed by atoms with Gasteiger partial charge in [0.2, 0.25) is 5.91 Å². The molecule has 0 aliphatic heterocycles. The summed E-state index contributed by atoms with van der Waals surface area (Å²) in [6.07, 6.45) is 5.76. The SMILES string of the molecule is CCCCCCC(=O)Nc1cccc(C(=O)N/N=C/c2cc(OC)ccc2F)c1. The van der Waals surface area contributed by atoms with E-state index in [-0.39, 0.29) is 11.5 Å². The number of hydrazone groups is 1. The van der Waals surface area contributed by atoms with E-state index in [1.54, 1.807) is 24.3 Å². The quantitative estimate of drug-likeness (QED) is 0.350. The van der Waals surface area contributed by atoms with Crippen molar-refractivity contribution < 1.29 is 18.7 Å². The number of hydrogen-bond donors (Lipinski definition) is 2. The van der Waals surface area contributed by atoms with Gasteiger partial charge in [0.25, 0.3) is 5.91 Å². The van der Waals surface area contributed by atoms with Crippen LogP contribution in [0.25, 0.3) is 0 Å². The molecular formula is C22H26FN3O3. The summed E-state index contributed by atoms with van der Waals surface area (Å²) in [7, 11) is 1.48. The zero-order chi connectivity index (χ0) is 21.1. The summed E-state index contributed by atoms with van der Waals surface area (Å²) < 4.78 is 18.8. The Morgan fingerprint density at radius 3 is 2.72 bits per heavy atom. The van der Waals surface area contributed by atoms with Crippen LogP contribution < -0.4 is 15.5 Å². The smallest absolute Gasteiger partial charge is 0.271 e. The van der Waals surface area contributed by atoms with E-state index in [4.69, 9.17) is 4.74 Å². The van der Waals surface area contributed by atoms with Gasteiger partial charge in [-0.05, 0) is 42.8 Å². The molecule has 0 aromatic heterocycles. The molecule has 2 aromatic rings. The minimum atomic E-state index is -0.479. The van der Waals surface area contributed by atoms with E-state index in [9.17, 15) is 14.0 Å². The van der Waals surface area contributed by atoms with Crippen LogP contribution in [0.1, 0.15) is 54.9 Å². The van der Waals surface area contributed by atoms with Crippen LogP contribution in [0.4, 0.5) is 10.1 Å². The summed E-state index contributed by atoms with van der Waals surface area (Å²) in [5, 5.41) is 6.59. The maximum absolute atomic E-state index is 13.8. The summed E-state index contributed by atoms with van der Waals surface area (Å²) in [6.45, 7) is 2.12. The normalized spacial score (nSPS) is 10.7. The number of hydrogen-bond acceptors (Lipinski definition) is 4. The molecule has 6 nitrogen and oxygen atoms in total. The highest BCUT2D eigenvalue weighted by Gasteiger charge is 2.08. The fourth-order valence-corrected chi connectivity index (χ4v) is 2.65. The van der Waals surface area contributed by atoms with Gasteiger partial charge in [0, 0.05) is 23.2 Å². The molecule has 0 saturated carbocycles. The number of benzene rings is 2. The van der Waals surface area contributed by atoms with Crippen molar-refractivity contribution in [1.82, 2.24) is 5.43 Å². The lowest BCUT2D eigenvalue weighted by atomic mass is 10.1. The second kappa shape index (κ2) is 11.6. The summed E-state index contributed by atoms with van der Waals surface area (Å²) in [4.78, 5) is 24.3. The van der Waals surface area contributed by atoms with E-state index in [1.165, 1.54) is 31.5 Å². The van der Waals surface area contributed by atoms with Crippen molar-refractivity contribution in [3.8, 4) is 5.75 Å². The van der Waals surface area contributed by atoms with Crippen LogP contribution in [0, 0.1) is 5.82 Å². The Kier molecular flexibility index (Phi) is 8.82. The molecule has 0 aliphatic rings. The summed E-state index contributed by atoms with van der Waals surface area (Å²) in [5.74, 6) is -0.543. The monoisotopic (exact) mass is 399 g/mol. The molecule has 0 saturated heterocycles. The molecule has 0 radical (unpaired) electrons. The Hall–Kier alpha value is -3.22. The molecule has 0 heterocycles.